The van der Waals surface area contributed by atoms with E-state index in [1.807, 2.05) is 20.8 Å². The van der Waals surface area contributed by atoms with E-state index in [0.717, 1.165) is 9.80 Å². The van der Waals surface area contributed by atoms with Gasteiger partial charge in [-0.1, -0.05) is 13.8 Å². The van der Waals surface area contributed by atoms with Crippen molar-refractivity contribution in [1.29, 1.82) is 0 Å². The maximum absolute atomic E-state index is 13.4. The Kier molecular flexibility index (Phi) is 4.28. The number of carbonyl (C=O) groups is 3. The number of imidazole rings is 1. The number of aromatic nitrogens is 2. The van der Waals surface area contributed by atoms with E-state index in [0.29, 0.717) is 23.4 Å². The number of fused-ring (bicyclic) bond motifs is 1. The largest absolute Gasteiger partial charge is 0.334 e. The van der Waals surface area contributed by atoms with E-state index < -0.39 is 23.7 Å². The number of nitrogens with zero attached hydrogens (tertiary/aromatic N) is 4. The van der Waals surface area contributed by atoms with Gasteiger partial charge in [-0.15, -0.1) is 0 Å². The number of rotatable bonds is 5. The molecule has 4 amide bonds. The molecule has 1 aromatic heterocycles. The molecular formula is C17H19FN4O3. The molecule has 3 rings (SSSR count). The molecule has 1 saturated heterocycles. The van der Waals surface area contributed by atoms with Gasteiger partial charge in [-0.2, -0.15) is 0 Å². The quantitative estimate of drug-likeness (QED) is 0.614. The van der Waals surface area contributed by atoms with Crippen LogP contribution in [0.15, 0.2) is 18.2 Å². The van der Waals surface area contributed by atoms with Crippen LogP contribution in [0.5, 0.6) is 0 Å². The van der Waals surface area contributed by atoms with Crippen LogP contribution in [0, 0.1) is 11.7 Å². The van der Waals surface area contributed by atoms with Crippen molar-refractivity contribution in [2.75, 3.05) is 6.54 Å². The standard InChI is InChI=1S/C17H19FN4O3/c1-4-20-13-6-5-11(18)7-12(13)19-14(20)9-22-16(24)15(23)21(17(22)25)8-10(2)3/h5-7,10H,4,8-9H2,1-3H3. The Bertz CT molecular complexity index is 874. The van der Waals surface area contributed by atoms with Gasteiger partial charge in [-0.25, -0.2) is 19.1 Å². The Hall–Kier alpha value is -2.77. The minimum Gasteiger partial charge on any atom is -0.327 e. The van der Waals surface area contributed by atoms with E-state index in [-0.39, 0.29) is 19.0 Å². The first-order chi connectivity index (χ1) is 11.8. The van der Waals surface area contributed by atoms with Gasteiger partial charge in [0, 0.05) is 19.2 Å². The van der Waals surface area contributed by atoms with Crippen LogP contribution in [0.3, 0.4) is 0 Å². The Morgan fingerprint density at radius 2 is 1.80 bits per heavy atom. The zero-order valence-corrected chi connectivity index (χ0v) is 14.3. The molecule has 0 bridgehead atoms. The number of carbonyl (C=O) groups excluding carboxylic acids is 3. The highest BCUT2D eigenvalue weighted by molar-refractivity contribution is 6.44. The predicted octanol–water partition coefficient (Wildman–Crippen LogP) is 2.14. The molecule has 0 N–H and O–H groups in total. The van der Waals surface area contributed by atoms with E-state index in [1.165, 1.54) is 12.1 Å². The average molecular weight is 346 g/mol. The third kappa shape index (κ3) is 2.88. The van der Waals surface area contributed by atoms with E-state index in [4.69, 9.17) is 0 Å². The first kappa shape index (κ1) is 17.1. The second-order valence-corrected chi connectivity index (χ2v) is 6.39. The van der Waals surface area contributed by atoms with Crippen molar-refractivity contribution in [2.45, 2.75) is 33.9 Å². The normalized spacial score (nSPS) is 15.3. The molecule has 1 aliphatic rings. The van der Waals surface area contributed by atoms with Crippen LogP contribution in [0.1, 0.15) is 26.6 Å². The third-order valence-electron chi connectivity index (χ3n) is 4.09. The fourth-order valence-corrected chi connectivity index (χ4v) is 2.98. The zero-order chi connectivity index (χ0) is 18.3. The number of amides is 4. The van der Waals surface area contributed by atoms with Gasteiger partial charge < -0.3 is 4.57 Å². The molecule has 2 heterocycles. The molecule has 0 aliphatic carbocycles. The van der Waals surface area contributed by atoms with Crippen molar-refractivity contribution in [3.05, 3.63) is 29.8 Å². The lowest BCUT2D eigenvalue weighted by Gasteiger charge is -2.17. The number of aryl methyl sites for hydroxylation is 1. The van der Waals surface area contributed by atoms with Crippen molar-refractivity contribution in [3.8, 4) is 0 Å². The van der Waals surface area contributed by atoms with Gasteiger partial charge in [0.15, 0.2) is 0 Å². The van der Waals surface area contributed by atoms with Gasteiger partial charge in [-0.3, -0.25) is 14.5 Å². The summed E-state index contributed by atoms with van der Waals surface area (Å²) >= 11 is 0. The van der Waals surface area contributed by atoms with Crippen molar-refractivity contribution in [2.24, 2.45) is 5.92 Å². The van der Waals surface area contributed by atoms with Crippen molar-refractivity contribution in [1.82, 2.24) is 19.4 Å². The van der Waals surface area contributed by atoms with Crippen LogP contribution in [0.25, 0.3) is 11.0 Å². The van der Waals surface area contributed by atoms with Crippen LogP contribution in [0.4, 0.5) is 9.18 Å². The van der Waals surface area contributed by atoms with Gasteiger partial charge in [-0.05, 0) is 25.0 Å². The lowest BCUT2D eigenvalue weighted by molar-refractivity contribution is -0.143. The SMILES string of the molecule is CCn1c(CN2C(=O)C(=O)N(CC(C)C)C2=O)nc2cc(F)ccc21. The molecule has 132 valence electrons. The summed E-state index contributed by atoms with van der Waals surface area (Å²) in [5.41, 5.74) is 1.16. The average Bonchev–Trinajstić information content (AvgIpc) is 2.99. The van der Waals surface area contributed by atoms with Gasteiger partial charge >= 0.3 is 17.8 Å². The summed E-state index contributed by atoms with van der Waals surface area (Å²) in [6, 6.07) is 3.60. The molecule has 0 unspecified atom stereocenters. The molecule has 0 radical (unpaired) electrons. The minimum absolute atomic E-state index is 0.0591. The van der Waals surface area contributed by atoms with Crippen molar-refractivity contribution in [3.63, 3.8) is 0 Å². The molecule has 0 atom stereocenters. The predicted molar refractivity (Wildman–Crippen MR) is 87.9 cm³/mol. The molecule has 1 aliphatic heterocycles. The Labute approximate surface area is 144 Å². The molecule has 1 aromatic carbocycles. The van der Waals surface area contributed by atoms with Gasteiger partial charge in [0.25, 0.3) is 0 Å². The first-order valence-corrected chi connectivity index (χ1v) is 8.15. The zero-order valence-electron chi connectivity index (χ0n) is 14.3. The number of urea groups is 1. The van der Waals surface area contributed by atoms with Crippen LogP contribution in [-0.4, -0.2) is 43.7 Å². The van der Waals surface area contributed by atoms with Crippen LogP contribution < -0.4 is 0 Å². The smallest absolute Gasteiger partial charge is 0.327 e. The van der Waals surface area contributed by atoms with Crippen LogP contribution in [-0.2, 0) is 22.7 Å². The molecular weight excluding hydrogens is 327 g/mol. The topological polar surface area (TPSA) is 75.5 Å². The highest BCUT2D eigenvalue weighted by atomic mass is 19.1. The van der Waals surface area contributed by atoms with E-state index in [2.05, 4.69) is 4.98 Å². The van der Waals surface area contributed by atoms with Crippen LogP contribution in [0.2, 0.25) is 0 Å². The molecule has 1 fully saturated rings. The van der Waals surface area contributed by atoms with E-state index in [1.54, 1.807) is 10.6 Å². The molecule has 8 heteroatoms. The summed E-state index contributed by atoms with van der Waals surface area (Å²) < 4.78 is 15.2. The number of benzene rings is 1. The Balaban J connectivity index is 1.94. The Morgan fingerprint density at radius 1 is 1.12 bits per heavy atom. The second kappa shape index (κ2) is 6.27. The molecule has 25 heavy (non-hydrogen) atoms. The maximum Gasteiger partial charge on any atom is 0.334 e. The lowest BCUT2D eigenvalue weighted by atomic mass is 10.2. The molecule has 0 spiro atoms. The third-order valence-corrected chi connectivity index (χ3v) is 4.09. The van der Waals surface area contributed by atoms with Gasteiger partial charge in [0.05, 0.1) is 17.6 Å². The highest BCUT2D eigenvalue weighted by Crippen LogP contribution is 2.21. The highest BCUT2D eigenvalue weighted by Gasteiger charge is 2.44. The van der Waals surface area contributed by atoms with E-state index in [9.17, 15) is 18.8 Å². The summed E-state index contributed by atoms with van der Waals surface area (Å²) in [5.74, 6) is -1.59. The number of halogens is 1. The summed E-state index contributed by atoms with van der Waals surface area (Å²) in [6.07, 6.45) is 0. The fourth-order valence-electron chi connectivity index (χ4n) is 2.98. The second-order valence-electron chi connectivity index (χ2n) is 6.39. The first-order valence-electron chi connectivity index (χ1n) is 8.15. The fraction of sp³-hybridized carbons (Fsp3) is 0.412. The summed E-state index contributed by atoms with van der Waals surface area (Å²) in [4.78, 5) is 42.9. The van der Waals surface area contributed by atoms with Gasteiger partial charge in [0.2, 0.25) is 0 Å². The minimum atomic E-state index is -0.855. The number of hydrogen-bond donors (Lipinski definition) is 0. The maximum atomic E-state index is 13.4. The van der Waals surface area contributed by atoms with E-state index >= 15 is 0 Å². The van der Waals surface area contributed by atoms with Crippen molar-refractivity contribution >= 4 is 28.9 Å². The van der Waals surface area contributed by atoms with Crippen molar-refractivity contribution < 1.29 is 18.8 Å². The lowest BCUT2D eigenvalue weighted by Crippen LogP contribution is -2.35. The monoisotopic (exact) mass is 346 g/mol. The summed E-state index contributed by atoms with van der Waals surface area (Å²) in [7, 11) is 0. The molecule has 7 nitrogen and oxygen atoms in total. The summed E-state index contributed by atoms with van der Waals surface area (Å²) in [6.45, 7) is 6.21. The number of imide groups is 2. The number of hydrogen-bond acceptors (Lipinski definition) is 4. The van der Waals surface area contributed by atoms with Gasteiger partial charge in [0.1, 0.15) is 11.6 Å². The summed E-state index contributed by atoms with van der Waals surface area (Å²) in [5, 5.41) is 0. The Morgan fingerprint density at radius 3 is 2.44 bits per heavy atom. The molecule has 0 saturated carbocycles. The van der Waals surface area contributed by atoms with Crippen LogP contribution >= 0.6 is 0 Å². The molecule has 2 aromatic rings.